The SMILES string of the molecule is Cl.NCCCn1c2c(c3ccc(N)cc3c1=O)Cc1ccccc1-2. The molecule has 0 fully saturated rings. The van der Waals surface area contributed by atoms with Gasteiger partial charge in [-0.2, -0.15) is 0 Å². The molecule has 1 aromatic heterocycles. The first-order chi connectivity index (χ1) is 11.2. The van der Waals surface area contributed by atoms with Crippen LogP contribution in [0, 0.1) is 0 Å². The number of hydrogen-bond acceptors (Lipinski definition) is 3. The number of fused-ring (bicyclic) bond motifs is 5. The van der Waals surface area contributed by atoms with Gasteiger partial charge in [0.25, 0.3) is 5.56 Å². The summed E-state index contributed by atoms with van der Waals surface area (Å²) in [6.07, 6.45) is 1.64. The fraction of sp³-hybridized carbons (Fsp3) is 0.211. The van der Waals surface area contributed by atoms with Crippen molar-refractivity contribution < 1.29 is 0 Å². The smallest absolute Gasteiger partial charge is 0.258 e. The number of nitrogen functional groups attached to an aromatic ring is 1. The van der Waals surface area contributed by atoms with Gasteiger partial charge in [0.2, 0.25) is 0 Å². The fourth-order valence-electron chi connectivity index (χ4n) is 3.58. The molecular formula is C19H20ClN3O. The summed E-state index contributed by atoms with van der Waals surface area (Å²) in [4.78, 5) is 13.0. The van der Waals surface area contributed by atoms with Crippen LogP contribution in [-0.2, 0) is 13.0 Å². The lowest BCUT2D eigenvalue weighted by atomic mass is 10.0. The Morgan fingerprint density at radius 3 is 2.67 bits per heavy atom. The minimum Gasteiger partial charge on any atom is -0.399 e. The highest BCUT2D eigenvalue weighted by atomic mass is 35.5. The quantitative estimate of drug-likeness (QED) is 0.563. The Kier molecular flexibility index (Phi) is 4.35. The van der Waals surface area contributed by atoms with E-state index in [0.717, 1.165) is 29.5 Å². The van der Waals surface area contributed by atoms with E-state index < -0.39 is 0 Å². The Balaban J connectivity index is 0.00000169. The van der Waals surface area contributed by atoms with E-state index in [1.807, 2.05) is 28.8 Å². The molecule has 2 aromatic carbocycles. The van der Waals surface area contributed by atoms with Crippen molar-refractivity contribution in [2.75, 3.05) is 12.3 Å². The number of anilines is 1. The van der Waals surface area contributed by atoms with Gasteiger partial charge < -0.3 is 16.0 Å². The van der Waals surface area contributed by atoms with E-state index in [2.05, 4.69) is 12.1 Å². The zero-order valence-corrected chi connectivity index (χ0v) is 14.1. The number of aromatic nitrogens is 1. The Labute approximate surface area is 146 Å². The van der Waals surface area contributed by atoms with Crippen LogP contribution >= 0.6 is 12.4 Å². The fourth-order valence-corrected chi connectivity index (χ4v) is 3.58. The zero-order chi connectivity index (χ0) is 16.0. The van der Waals surface area contributed by atoms with E-state index in [1.54, 1.807) is 6.07 Å². The number of nitrogens with two attached hydrogens (primary N) is 2. The minimum absolute atomic E-state index is 0. The first-order valence-electron chi connectivity index (χ1n) is 7.94. The minimum atomic E-state index is 0. The summed E-state index contributed by atoms with van der Waals surface area (Å²) in [5, 5.41) is 1.72. The molecule has 4 N–H and O–H groups in total. The molecule has 1 heterocycles. The number of rotatable bonds is 3. The molecule has 5 heteroatoms. The topological polar surface area (TPSA) is 74.0 Å². The highest BCUT2D eigenvalue weighted by Gasteiger charge is 2.25. The Morgan fingerprint density at radius 1 is 1.08 bits per heavy atom. The lowest BCUT2D eigenvalue weighted by Crippen LogP contribution is -2.24. The van der Waals surface area contributed by atoms with E-state index >= 15 is 0 Å². The van der Waals surface area contributed by atoms with Crippen molar-refractivity contribution in [3.8, 4) is 11.3 Å². The predicted octanol–water partition coefficient (Wildman–Crippen LogP) is 2.93. The molecule has 0 spiro atoms. The van der Waals surface area contributed by atoms with Crippen molar-refractivity contribution in [1.82, 2.24) is 4.57 Å². The zero-order valence-electron chi connectivity index (χ0n) is 13.3. The third-order valence-corrected chi connectivity index (χ3v) is 4.63. The Hall–Kier alpha value is -2.30. The predicted molar refractivity (Wildman–Crippen MR) is 102 cm³/mol. The van der Waals surface area contributed by atoms with Crippen LogP contribution in [0.2, 0.25) is 0 Å². The maximum absolute atomic E-state index is 13.0. The lowest BCUT2D eigenvalue weighted by molar-refractivity contribution is 0.639. The van der Waals surface area contributed by atoms with Gasteiger partial charge in [0.05, 0.1) is 5.69 Å². The van der Waals surface area contributed by atoms with Gasteiger partial charge in [-0.25, -0.2) is 0 Å². The molecule has 4 nitrogen and oxygen atoms in total. The van der Waals surface area contributed by atoms with Crippen molar-refractivity contribution in [2.24, 2.45) is 5.73 Å². The second-order valence-corrected chi connectivity index (χ2v) is 6.07. The summed E-state index contributed by atoms with van der Waals surface area (Å²) in [6.45, 7) is 1.20. The number of benzene rings is 2. The maximum atomic E-state index is 13.0. The molecule has 1 aliphatic carbocycles. The molecule has 0 unspecified atom stereocenters. The molecule has 0 saturated heterocycles. The van der Waals surface area contributed by atoms with E-state index in [-0.39, 0.29) is 18.0 Å². The van der Waals surface area contributed by atoms with Gasteiger partial charge in [-0.05, 0) is 41.6 Å². The van der Waals surface area contributed by atoms with Crippen LogP contribution in [0.15, 0.2) is 47.3 Å². The third kappa shape index (κ3) is 2.39. The molecule has 24 heavy (non-hydrogen) atoms. The summed E-state index contributed by atoms with van der Waals surface area (Å²) >= 11 is 0. The van der Waals surface area contributed by atoms with Gasteiger partial charge in [0.1, 0.15) is 0 Å². The highest BCUT2D eigenvalue weighted by molar-refractivity contribution is 5.94. The van der Waals surface area contributed by atoms with Crippen molar-refractivity contribution >= 4 is 28.9 Å². The van der Waals surface area contributed by atoms with E-state index in [1.165, 1.54) is 11.1 Å². The molecule has 0 saturated carbocycles. The molecule has 0 bridgehead atoms. The molecule has 124 valence electrons. The molecular weight excluding hydrogens is 322 g/mol. The first-order valence-corrected chi connectivity index (χ1v) is 7.94. The average Bonchev–Trinajstić information content (AvgIpc) is 2.94. The number of nitrogens with zero attached hydrogens (tertiary/aromatic N) is 1. The van der Waals surface area contributed by atoms with Crippen molar-refractivity contribution in [3.05, 3.63) is 63.9 Å². The summed E-state index contributed by atoms with van der Waals surface area (Å²) in [5.74, 6) is 0. The Morgan fingerprint density at radius 2 is 1.88 bits per heavy atom. The largest absolute Gasteiger partial charge is 0.399 e. The molecule has 3 aromatic rings. The monoisotopic (exact) mass is 341 g/mol. The second kappa shape index (κ2) is 6.30. The summed E-state index contributed by atoms with van der Waals surface area (Å²) in [6, 6.07) is 13.9. The van der Waals surface area contributed by atoms with E-state index in [0.29, 0.717) is 24.2 Å². The van der Waals surface area contributed by atoms with Gasteiger partial charge in [-0.1, -0.05) is 30.3 Å². The van der Waals surface area contributed by atoms with Crippen molar-refractivity contribution in [3.63, 3.8) is 0 Å². The van der Waals surface area contributed by atoms with Gasteiger partial charge in [0, 0.05) is 29.6 Å². The molecule has 0 aliphatic heterocycles. The number of hydrogen-bond donors (Lipinski definition) is 2. The lowest BCUT2D eigenvalue weighted by Gasteiger charge is -2.15. The van der Waals surface area contributed by atoms with Crippen LogP contribution in [0.4, 0.5) is 5.69 Å². The van der Waals surface area contributed by atoms with Crippen LogP contribution in [0.1, 0.15) is 17.5 Å². The van der Waals surface area contributed by atoms with Crippen LogP contribution in [0.25, 0.3) is 22.0 Å². The van der Waals surface area contributed by atoms with Crippen molar-refractivity contribution in [2.45, 2.75) is 19.4 Å². The standard InChI is InChI=1S/C19H19N3O.ClH/c20-8-3-9-22-18-14-5-2-1-4-12(14)10-16(18)15-7-6-13(21)11-17(15)19(22)23;/h1-2,4-7,11H,3,8-10,20-21H2;1H. The molecule has 1 aliphatic rings. The second-order valence-electron chi connectivity index (χ2n) is 6.07. The summed E-state index contributed by atoms with van der Waals surface area (Å²) in [5.41, 5.74) is 16.9. The number of halogens is 1. The summed E-state index contributed by atoms with van der Waals surface area (Å²) < 4.78 is 1.88. The molecule has 4 rings (SSSR count). The van der Waals surface area contributed by atoms with E-state index in [9.17, 15) is 4.79 Å². The van der Waals surface area contributed by atoms with Crippen LogP contribution in [0.5, 0.6) is 0 Å². The van der Waals surface area contributed by atoms with Gasteiger partial charge in [0.15, 0.2) is 0 Å². The Bertz CT molecular complexity index is 978. The van der Waals surface area contributed by atoms with E-state index in [4.69, 9.17) is 11.5 Å². The number of pyridine rings is 1. The molecule has 0 radical (unpaired) electrons. The maximum Gasteiger partial charge on any atom is 0.258 e. The van der Waals surface area contributed by atoms with Gasteiger partial charge in [-0.15, -0.1) is 12.4 Å². The third-order valence-electron chi connectivity index (χ3n) is 4.63. The van der Waals surface area contributed by atoms with Gasteiger partial charge in [-0.3, -0.25) is 4.79 Å². The normalized spacial score (nSPS) is 11.9. The average molecular weight is 342 g/mol. The van der Waals surface area contributed by atoms with Crippen molar-refractivity contribution in [1.29, 1.82) is 0 Å². The van der Waals surface area contributed by atoms with Crippen LogP contribution < -0.4 is 17.0 Å². The molecule has 0 atom stereocenters. The summed E-state index contributed by atoms with van der Waals surface area (Å²) in [7, 11) is 0. The van der Waals surface area contributed by atoms with Gasteiger partial charge >= 0.3 is 0 Å². The highest BCUT2D eigenvalue weighted by Crippen LogP contribution is 2.39. The molecule has 0 amide bonds. The first kappa shape index (κ1) is 16.6. The van der Waals surface area contributed by atoms with Crippen LogP contribution in [0.3, 0.4) is 0 Å². The van der Waals surface area contributed by atoms with Crippen LogP contribution in [-0.4, -0.2) is 11.1 Å².